The van der Waals surface area contributed by atoms with E-state index in [1.807, 2.05) is 0 Å². The van der Waals surface area contributed by atoms with Gasteiger partial charge in [0.1, 0.15) is 0 Å². The van der Waals surface area contributed by atoms with Crippen molar-refractivity contribution in [3.63, 3.8) is 0 Å². The number of ketones is 1. The van der Waals surface area contributed by atoms with Crippen LogP contribution in [0.4, 0.5) is 0 Å². The average Bonchev–Trinajstić information content (AvgIpc) is 2.53. The number of nitrogens with two attached hydrogens (primary N) is 2. The average molecular weight is 168 g/mol. The van der Waals surface area contributed by atoms with Crippen molar-refractivity contribution in [2.24, 2.45) is 11.5 Å². The molecule has 1 amide bonds. The van der Waals surface area contributed by atoms with E-state index >= 15 is 0 Å². The number of Topliss-reactive ketones (excluding diaryl/α,β-unsaturated/α-hetero) is 1. The highest BCUT2D eigenvalue weighted by Crippen LogP contribution is 2.02. The molecule has 1 heterocycles. The first-order valence-corrected chi connectivity index (χ1v) is 3.25. The lowest BCUT2D eigenvalue weighted by molar-refractivity contribution is -0.118. The van der Waals surface area contributed by atoms with Gasteiger partial charge in [-0.2, -0.15) is 0 Å². The summed E-state index contributed by atoms with van der Waals surface area (Å²) in [5.41, 5.74) is 9.98. The first-order valence-electron chi connectivity index (χ1n) is 3.25. The predicted molar refractivity (Wildman–Crippen MR) is 40.2 cm³/mol. The molecular weight excluding hydrogens is 160 g/mol. The summed E-state index contributed by atoms with van der Waals surface area (Å²) >= 11 is 0. The highest BCUT2D eigenvalue weighted by molar-refractivity contribution is 6.11. The number of primary amides is 1. The summed E-state index contributed by atoms with van der Waals surface area (Å²) in [6, 6.07) is 1.63. The molecule has 0 fully saturated rings. The quantitative estimate of drug-likeness (QED) is 0.459. The van der Waals surface area contributed by atoms with Crippen LogP contribution in [0.25, 0.3) is 0 Å². The van der Waals surface area contributed by atoms with Crippen LogP contribution < -0.4 is 11.5 Å². The van der Waals surface area contributed by atoms with E-state index in [0.29, 0.717) is 0 Å². The van der Waals surface area contributed by atoms with Gasteiger partial charge in [0.25, 0.3) is 0 Å². The number of rotatable bonds is 3. The van der Waals surface area contributed by atoms with Crippen LogP contribution in [0.3, 0.4) is 0 Å². The molecular formula is C7H8N2O3. The van der Waals surface area contributed by atoms with Crippen LogP contribution >= 0.6 is 0 Å². The third kappa shape index (κ3) is 1.51. The van der Waals surface area contributed by atoms with Crippen LogP contribution in [0.5, 0.6) is 0 Å². The highest BCUT2D eigenvalue weighted by atomic mass is 16.3. The van der Waals surface area contributed by atoms with Gasteiger partial charge in [-0.25, -0.2) is 0 Å². The lowest BCUT2D eigenvalue weighted by atomic mass is 10.1. The van der Waals surface area contributed by atoms with Gasteiger partial charge in [-0.3, -0.25) is 9.59 Å². The van der Waals surface area contributed by atoms with Gasteiger partial charge >= 0.3 is 0 Å². The van der Waals surface area contributed by atoms with E-state index in [0.717, 1.165) is 0 Å². The summed E-state index contributed by atoms with van der Waals surface area (Å²) in [4.78, 5) is 21.6. The molecule has 1 rings (SSSR count). The van der Waals surface area contributed by atoms with Crippen molar-refractivity contribution >= 4 is 11.7 Å². The van der Waals surface area contributed by atoms with E-state index in [2.05, 4.69) is 0 Å². The molecule has 0 bridgehead atoms. The molecule has 0 saturated heterocycles. The number of carbonyl (C=O) groups excluding carboxylic acids is 2. The lowest BCUT2D eigenvalue weighted by Gasteiger charge is -2.01. The second-order valence-electron chi connectivity index (χ2n) is 2.22. The van der Waals surface area contributed by atoms with E-state index in [1.165, 1.54) is 18.4 Å². The maximum atomic E-state index is 11.1. The van der Waals surface area contributed by atoms with Gasteiger partial charge in [-0.1, -0.05) is 0 Å². The van der Waals surface area contributed by atoms with Crippen LogP contribution in [0.15, 0.2) is 22.8 Å². The minimum absolute atomic E-state index is 0.0429. The number of carbonyl (C=O) groups is 2. The minimum Gasteiger partial charge on any atom is -0.461 e. The Labute approximate surface area is 68.3 Å². The molecule has 0 saturated carbocycles. The van der Waals surface area contributed by atoms with E-state index in [9.17, 15) is 9.59 Å². The molecule has 64 valence electrons. The molecule has 4 N–H and O–H groups in total. The fraction of sp³-hybridized carbons (Fsp3) is 0.143. The fourth-order valence-corrected chi connectivity index (χ4v) is 0.701. The Hall–Kier alpha value is -1.62. The Morgan fingerprint density at radius 1 is 1.50 bits per heavy atom. The zero-order valence-electron chi connectivity index (χ0n) is 6.19. The Morgan fingerprint density at radius 2 is 2.17 bits per heavy atom. The molecule has 0 radical (unpaired) electrons. The topological polar surface area (TPSA) is 99.3 Å². The van der Waals surface area contributed by atoms with Crippen LogP contribution in [-0.2, 0) is 4.79 Å². The van der Waals surface area contributed by atoms with Gasteiger partial charge in [0.15, 0.2) is 11.8 Å². The second kappa shape index (κ2) is 3.19. The second-order valence-corrected chi connectivity index (χ2v) is 2.22. The molecule has 5 heteroatoms. The molecule has 0 aliphatic carbocycles. The van der Waals surface area contributed by atoms with Gasteiger partial charge < -0.3 is 15.9 Å². The summed E-state index contributed by atoms with van der Waals surface area (Å²) in [7, 11) is 0. The zero-order valence-corrected chi connectivity index (χ0v) is 6.19. The first-order chi connectivity index (χ1) is 5.63. The maximum absolute atomic E-state index is 11.1. The normalized spacial score (nSPS) is 12.4. The Kier molecular flexibility index (Phi) is 2.25. The van der Waals surface area contributed by atoms with Crippen LogP contribution in [0.1, 0.15) is 10.6 Å². The molecule has 0 spiro atoms. The van der Waals surface area contributed by atoms with Crippen molar-refractivity contribution in [3.05, 3.63) is 24.2 Å². The summed E-state index contributed by atoms with van der Waals surface area (Å²) < 4.78 is 4.73. The summed E-state index contributed by atoms with van der Waals surface area (Å²) in [5.74, 6) is -1.43. The maximum Gasteiger partial charge on any atom is 0.242 e. The Balaban J connectivity index is 2.79. The third-order valence-electron chi connectivity index (χ3n) is 1.35. The first kappa shape index (κ1) is 8.48. The predicted octanol–water partition coefficient (Wildman–Crippen LogP) is -0.725. The van der Waals surface area contributed by atoms with Crippen molar-refractivity contribution in [1.29, 1.82) is 0 Å². The van der Waals surface area contributed by atoms with Crippen molar-refractivity contribution in [1.82, 2.24) is 0 Å². The molecule has 0 aliphatic rings. The van der Waals surface area contributed by atoms with E-state index < -0.39 is 17.7 Å². The largest absolute Gasteiger partial charge is 0.461 e. The van der Waals surface area contributed by atoms with Gasteiger partial charge in [0, 0.05) is 0 Å². The van der Waals surface area contributed by atoms with E-state index in [4.69, 9.17) is 15.9 Å². The van der Waals surface area contributed by atoms with Gasteiger partial charge in [0.2, 0.25) is 11.7 Å². The number of furan rings is 1. The van der Waals surface area contributed by atoms with Crippen LogP contribution in [-0.4, -0.2) is 17.7 Å². The fourth-order valence-electron chi connectivity index (χ4n) is 0.701. The number of hydrogen-bond donors (Lipinski definition) is 2. The minimum atomic E-state index is -1.32. The molecule has 0 aliphatic heterocycles. The number of amides is 1. The smallest absolute Gasteiger partial charge is 0.242 e. The molecule has 1 unspecified atom stereocenters. The van der Waals surface area contributed by atoms with Crippen LogP contribution in [0.2, 0.25) is 0 Å². The molecule has 1 atom stereocenters. The monoisotopic (exact) mass is 168 g/mol. The highest BCUT2D eigenvalue weighted by Gasteiger charge is 2.22. The molecule has 5 nitrogen and oxygen atoms in total. The van der Waals surface area contributed by atoms with Gasteiger partial charge in [-0.15, -0.1) is 0 Å². The van der Waals surface area contributed by atoms with Gasteiger partial charge in [0.05, 0.1) is 6.26 Å². The van der Waals surface area contributed by atoms with Crippen molar-refractivity contribution in [2.45, 2.75) is 6.04 Å². The van der Waals surface area contributed by atoms with Crippen molar-refractivity contribution < 1.29 is 14.0 Å². The SMILES string of the molecule is NC(=O)C(N)C(=O)c1ccco1. The Bertz CT molecular complexity index is 292. The summed E-state index contributed by atoms with van der Waals surface area (Å²) in [5, 5.41) is 0. The summed E-state index contributed by atoms with van der Waals surface area (Å²) in [6.45, 7) is 0. The van der Waals surface area contributed by atoms with Gasteiger partial charge in [-0.05, 0) is 12.1 Å². The van der Waals surface area contributed by atoms with Crippen molar-refractivity contribution in [3.8, 4) is 0 Å². The zero-order chi connectivity index (χ0) is 9.14. The molecule has 12 heavy (non-hydrogen) atoms. The van der Waals surface area contributed by atoms with Crippen molar-refractivity contribution in [2.75, 3.05) is 0 Å². The van der Waals surface area contributed by atoms with E-state index in [-0.39, 0.29) is 5.76 Å². The summed E-state index contributed by atoms with van der Waals surface area (Å²) in [6.07, 6.45) is 1.32. The number of hydrogen-bond acceptors (Lipinski definition) is 4. The molecule has 0 aromatic carbocycles. The van der Waals surface area contributed by atoms with Crippen LogP contribution in [0, 0.1) is 0 Å². The standard InChI is InChI=1S/C7H8N2O3/c8-5(7(9)11)6(10)4-2-1-3-12-4/h1-3,5H,8H2,(H2,9,11). The Morgan fingerprint density at radius 3 is 2.58 bits per heavy atom. The van der Waals surface area contributed by atoms with E-state index in [1.54, 1.807) is 0 Å². The lowest BCUT2D eigenvalue weighted by Crippen LogP contribution is -2.43. The molecule has 1 aromatic heterocycles. The molecule has 1 aromatic rings. The third-order valence-corrected chi connectivity index (χ3v) is 1.35.